The summed E-state index contributed by atoms with van der Waals surface area (Å²) < 4.78 is 40.1. The van der Waals surface area contributed by atoms with Gasteiger partial charge in [0.1, 0.15) is 0 Å². The van der Waals surface area contributed by atoms with Crippen LogP contribution in [0.2, 0.25) is 0 Å². The standard InChI is InChI=1S/C24H32F3N5O2/c1-4-29-22(33)20-14-32(23(34)30-15(2)3)13-19(20)16-7-9-31(10-8-16)18-6-5-17(12-28)21(11-18)24(25,26)27/h5-6,11,15-16,19-20H,4,7-10,13-14H2,1-3H3,(H,29,33)(H,30,34)/t19-,20+/m0/s1. The van der Waals surface area contributed by atoms with Crippen LogP contribution in [0.4, 0.5) is 23.7 Å². The maximum absolute atomic E-state index is 13.4. The average molecular weight is 480 g/mol. The van der Waals surface area contributed by atoms with Gasteiger partial charge in [0, 0.05) is 44.5 Å². The Morgan fingerprint density at radius 2 is 1.88 bits per heavy atom. The van der Waals surface area contributed by atoms with Crippen molar-refractivity contribution < 1.29 is 22.8 Å². The average Bonchev–Trinajstić information content (AvgIpc) is 3.24. The lowest BCUT2D eigenvalue weighted by atomic mass is 9.78. The van der Waals surface area contributed by atoms with Gasteiger partial charge in [-0.25, -0.2) is 4.79 Å². The molecule has 3 rings (SSSR count). The van der Waals surface area contributed by atoms with Gasteiger partial charge in [0.15, 0.2) is 0 Å². The van der Waals surface area contributed by atoms with Gasteiger partial charge in [-0.15, -0.1) is 0 Å². The van der Waals surface area contributed by atoms with E-state index in [-0.39, 0.29) is 41.3 Å². The molecule has 186 valence electrons. The van der Waals surface area contributed by atoms with Gasteiger partial charge in [0.05, 0.1) is 23.1 Å². The molecule has 7 nitrogen and oxygen atoms in total. The molecule has 2 heterocycles. The van der Waals surface area contributed by atoms with E-state index < -0.39 is 11.7 Å². The fraction of sp³-hybridized carbons (Fsp3) is 0.625. The van der Waals surface area contributed by atoms with Crippen molar-refractivity contribution in [2.45, 2.75) is 45.8 Å². The number of alkyl halides is 3. The van der Waals surface area contributed by atoms with Crippen LogP contribution in [0.1, 0.15) is 44.7 Å². The van der Waals surface area contributed by atoms with Crippen molar-refractivity contribution in [3.8, 4) is 6.07 Å². The third kappa shape index (κ3) is 5.75. The number of carbonyl (C=O) groups excluding carboxylic acids is 2. The van der Waals surface area contributed by atoms with E-state index in [0.29, 0.717) is 51.3 Å². The Morgan fingerprint density at radius 3 is 2.44 bits per heavy atom. The summed E-state index contributed by atoms with van der Waals surface area (Å²) in [6, 6.07) is 5.25. The number of nitriles is 1. The minimum Gasteiger partial charge on any atom is -0.372 e. The summed E-state index contributed by atoms with van der Waals surface area (Å²) in [4.78, 5) is 28.9. The molecule has 0 radical (unpaired) electrons. The molecule has 1 aromatic rings. The first-order valence-corrected chi connectivity index (χ1v) is 11.7. The fourth-order valence-electron chi connectivity index (χ4n) is 5.04. The van der Waals surface area contributed by atoms with E-state index in [1.807, 2.05) is 25.7 Å². The van der Waals surface area contributed by atoms with Crippen LogP contribution < -0.4 is 15.5 Å². The zero-order valence-corrected chi connectivity index (χ0v) is 19.8. The van der Waals surface area contributed by atoms with Crippen molar-refractivity contribution in [2.75, 3.05) is 37.6 Å². The van der Waals surface area contributed by atoms with Crippen LogP contribution in [-0.2, 0) is 11.0 Å². The molecule has 34 heavy (non-hydrogen) atoms. The zero-order chi connectivity index (χ0) is 25.0. The zero-order valence-electron chi connectivity index (χ0n) is 19.8. The molecule has 2 atom stereocenters. The third-order valence-corrected chi connectivity index (χ3v) is 6.69. The number of likely N-dealkylation sites (tertiary alicyclic amines) is 1. The Morgan fingerprint density at radius 1 is 1.21 bits per heavy atom. The van der Waals surface area contributed by atoms with Crippen LogP contribution in [0.5, 0.6) is 0 Å². The number of benzene rings is 1. The van der Waals surface area contributed by atoms with Crippen LogP contribution >= 0.6 is 0 Å². The Hall–Kier alpha value is -2.96. The molecule has 2 aliphatic rings. The number of amides is 3. The number of anilines is 1. The number of carbonyl (C=O) groups is 2. The number of halogens is 3. The van der Waals surface area contributed by atoms with Gasteiger partial charge in [0.25, 0.3) is 0 Å². The highest BCUT2D eigenvalue weighted by Gasteiger charge is 2.44. The van der Waals surface area contributed by atoms with E-state index in [9.17, 15) is 22.8 Å². The highest BCUT2D eigenvalue weighted by molar-refractivity contribution is 5.82. The van der Waals surface area contributed by atoms with Crippen molar-refractivity contribution in [1.82, 2.24) is 15.5 Å². The lowest BCUT2D eigenvalue weighted by Crippen LogP contribution is -2.42. The monoisotopic (exact) mass is 479 g/mol. The molecular formula is C24H32F3N5O2. The van der Waals surface area contributed by atoms with Crippen LogP contribution in [0.15, 0.2) is 18.2 Å². The van der Waals surface area contributed by atoms with E-state index in [1.54, 1.807) is 17.0 Å². The Bertz CT molecular complexity index is 936. The number of hydrogen-bond acceptors (Lipinski definition) is 4. The second-order valence-electron chi connectivity index (χ2n) is 9.34. The van der Waals surface area contributed by atoms with Crippen molar-refractivity contribution in [2.24, 2.45) is 17.8 Å². The third-order valence-electron chi connectivity index (χ3n) is 6.69. The number of piperidine rings is 1. The molecule has 0 unspecified atom stereocenters. The van der Waals surface area contributed by atoms with Gasteiger partial charge in [-0.05, 0) is 63.6 Å². The highest BCUT2D eigenvalue weighted by Crippen LogP contribution is 2.39. The molecule has 2 saturated heterocycles. The largest absolute Gasteiger partial charge is 0.417 e. The molecule has 3 amide bonds. The molecule has 2 N–H and O–H groups in total. The normalized spacial score (nSPS) is 21.5. The molecule has 0 aromatic heterocycles. The lowest BCUT2D eigenvalue weighted by Gasteiger charge is -2.37. The summed E-state index contributed by atoms with van der Waals surface area (Å²) in [7, 11) is 0. The summed E-state index contributed by atoms with van der Waals surface area (Å²) in [5.74, 6) is -0.183. The molecule has 0 spiro atoms. The van der Waals surface area contributed by atoms with E-state index in [1.165, 1.54) is 6.07 Å². The van der Waals surface area contributed by atoms with Crippen LogP contribution in [0, 0.1) is 29.1 Å². The maximum atomic E-state index is 13.4. The molecule has 2 aliphatic heterocycles. The van der Waals surface area contributed by atoms with Gasteiger partial charge in [-0.3, -0.25) is 4.79 Å². The van der Waals surface area contributed by atoms with Crippen molar-refractivity contribution in [3.05, 3.63) is 29.3 Å². The van der Waals surface area contributed by atoms with Crippen molar-refractivity contribution >= 4 is 17.6 Å². The molecule has 0 saturated carbocycles. The van der Waals surface area contributed by atoms with Gasteiger partial charge in [-0.1, -0.05) is 0 Å². The highest BCUT2D eigenvalue weighted by atomic mass is 19.4. The number of nitrogens with one attached hydrogen (secondary N) is 2. The maximum Gasteiger partial charge on any atom is 0.417 e. The van der Waals surface area contributed by atoms with Crippen LogP contribution in [0.3, 0.4) is 0 Å². The lowest BCUT2D eigenvalue weighted by molar-refractivity contribution is -0.137. The van der Waals surface area contributed by atoms with Crippen molar-refractivity contribution in [1.29, 1.82) is 5.26 Å². The van der Waals surface area contributed by atoms with E-state index >= 15 is 0 Å². The first-order valence-electron chi connectivity index (χ1n) is 11.7. The predicted octanol–water partition coefficient (Wildman–Crippen LogP) is 3.60. The Labute approximate surface area is 198 Å². The van der Waals surface area contributed by atoms with E-state index in [2.05, 4.69) is 10.6 Å². The Kier molecular flexibility index (Phi) is 7.95. The Balaban J connectivity index is 1.72. The molecule has 0 aliphatic carbocycles. The van der Waals surface area contributed by atoms with Gasteiger partial charge in [0.2, 0.25) is 5.91 Å². The molecule has 10 heteroatoms. The molecule has 2 fully saturated rings. The summed E-state index contributed by atoms with van der Waals surface area (Å²) in [6.45, 7) is 8.08. The van der Waals surface area contributed by atoms with Gasteiger partial charge >= 0.3 is 12.2 Å². The summed E-state index contributed by atoms with van der Waals surface area (Å²) >= 11 is 0. The van der Waals surface area contributed by atoms with Crippen LogP contribution in [0.25, 0.3) is 0 Å². The predicted molar refractivity (Wildman–Crippen MR) is 122 cm³/mol. The van der Waals surface area contributed by atoms with E-state index in [4.69, 9.17) is 5.26 Å². The van der Waals surface area contributed by atoms with E-state index in [0.717, 1.165) is 6.07 Å². The molecular weight excluding hydrogens is 447 g/mol. The topological polar surface area (TPSA) is 88.5 Å². The smallest absolute Gasteiger partial charge is 0.372 e. The number of urea groups is 1. The number of hydrogen-bond donors (Lipinski definition) is 2. The van der Waals surface area contributed by atoms with Gasteiger partial charge in [-0.2, -0.15) is 18.4 Å². The van der Waals surface area contributed by atoms with Crippen LogP contribution in [-0.4, -0.2) is 55.6 Å². The summed E-state index contributed by atoms with van der Waals surface area (Å²) in [5, 5.41) is 14.8. The number of rotatable bonds is 5. The minimum atomic E-state index is -4.59. The SMILES string of the molecule is CCNC(=O)[C@@H]1CN(C(=O)NC(C)C)C[C@H]1C1CCN(c2ccc(C#N)c(C(F)(F)F)c2)CC1. The fourth-order valence-corrected chi connectivity index (χ4v) is 5.04. The second kappa shape index (κ2) is 10.5. The molecule has 0 bridgehead atoms. The second-order valence-corrected chi connectivity index (χ2v) is 9.34. The summed E-state index contributed by atoms with van der Waals surface area (Å²) in [6.07, 6.45) is -3.17. The van der Waals surface area contributed by atoms with Crippen molar-refractivity contribution in [3.63, 3.8) is 0 Å². The number of nitrogens with zero attached hydrogens (tertiary/aromatic N) is 3. The minimum absolute atomic E-state index is 0.00156. The summed E-state index contributed by atoms with van der Waals surface area (Å²) in [5.41, 5.74) is -0.871. The first kappa shape index (κ1) is 25.7. The quantitative estimate of drug-likeness (QED) is 0.676. The van der Waals surface area contributed by atoms with Gasteiger partial charge < -0.3 is 20.4 Å². The molecule has 1 aromatic carbocycles. The first-order chi connectivity index (χ1) is 16.0.